The van der Waals surface area contributed by atoms with Crippen molar-refractivity contribution in [1.29, 1.82) is 0 Å². The number of hydrogen-bond acceptors (Lipinski definition) is 17. The summed E-state index contributed by atoms with van der Waals surface area (Å²) < 4.78 is 8.88. The van der Waals surface area contributed by atoms with Crippen molar-refractivity contribution in [3.63, 3.8) is 0 Å². The van der Waals surface area contributed by atoms with Gasteiger partial charge in [-0.3, -0.25) is 9.59 Å². The van der Waals surface area contributed by atoms with Gasteiger partial charge in [-0.25, -0.2) is 9.36 Å². The molecule has 252 valence electrons. The van der Waals surface area contributed by atoms with Gasteiger partial charge in [0, 0.05) is 0 Å². The molecule has 0 spiro atoms. The van der Waals surface area contributed by atoms with Crippen molar-refractivity contribution in [2.75, 3.05) is 19.8 Å². The molecule has 0 aromatic carbocycles. The Balaban J connectivity index is -0.000000238. The summed E-state index contributed by atoms with van der Waals surface area (Å²) in [5.41, 5.74) is -2.74. The van der Waals surface area contributed by atoms with E-state index in [1.165, 1.54) is 0 Å². The highest BCUT2D eigenvalue weighted by atomic mass is 31.2. The quantitative estimate of drug-likeness (QED) is 0.0576. The van der Waals surface area contributed by atoms with Gasteiger partial charge in [0.25, 0.3) is 0 Å². The van der Waals surface area contributed by atoms with Crippen LogP contribution >= 0.6 is 7.82 Å². The first kappa shape index (κ1) is 46.7. The van der Waals surface area contributed by atoms with Crippen LogP contribution in [0.2, 0.25) is 0 Å². The minimum atomic E-state index is -4.64. The minimum absolute atomic E-state index is 0.0258. The van der Waals surface area contributed by atoms with Gasteiger partial charge in [-0.15, -0.1) is 0 Å². The van der Waals surface area contributed by atoms with Crippen LogP contribution in [0.25, 0.3) is 0 Å². The summed E-state index contributed by atoms with van der Waals surface area (Å²) in [5.74, 6) is -5.02. The Hall–Kier alpha value is -2.29. The lowest BCUT2D eigenvalue weighted by Crippen LogP contribution is -2.46. The van der Waals surface area contributed by atoms with Crippen molar-refractivity contribution < 1.29 is 115 Å². The highest BCUT2D eigenvalue weighted by molar-refractivity contribution is 7.45. The predicted molar refractivity (Wildman–Crippen MR) is 127 cm³/mol. The van der Waals surface area contributed by atoms with Gasteiger partial charge in [-0.05, 0) is 0 Å². The van der Waals surface area contributed by atoms with E-state index in [0.717, 1.165) is 0 Å². The Morgan fingerprint density at radius 3 is 1.02 bits per heavy atom. The van der Waals surface area contributed by atoms with Crippen LogP contribution in [0, 0.1) is 0 Å². The van der Waals surface area contributed by atoms with Gasteiger partial charge >= 0.3 is 25.7 Å². The number of carbonyl (C=O) groups excluding carboxylic acids is 1. The van der Waals surface area contributed by atoms with Gasteiger partial charge in [0.1, 0.15) is 48.8 Å². The summed E-state index contributed by atoms with van der Waals surface area (Å²) in [6.45, 7) is -2.21. The second kappa shape index (κ2) is 23.2. The van der Waals surface area contributed by atoms with Gasteiger partial charge < -0.3 is 96.1 Å². The van der Waals surface area contributed by atoms with Gasteiger partial charge in [0.2, 0.25) is 0 Å². The predicted octanol–water partition coefficient (Wildman–Crippen LogP) is -9.14. The molecule has 0 rings (SSSR count). The van der Waals surface area contributed by atoms with Crippen LogP contribution in [0.3, 0.4) is 0 Å². The minimum Gasteiger partial charge on any atom is -0.481 e. The topological polar surface area (TPSA) is 449 Å². The normalized spacial score (nSPS) is 16.9. The van der Waals surface area contributed by atoms with E-state index in [-0.39, 0.29) is 6.29 Å². The van der Waals surface area contributed by atoms with Gasteiger partial charge in [-0.1, -0.05) is 0 Å². The van der Waals surface area contributed by atoms with Crippen molar-refractivity contribution in [2.45, 2.75) is 67.3 Å². The van der Waals surface area contributed by atoms with E-state index in [1.807, 2.05) is 0 Å². The van der Waals surface area contributed by atoms with Crippen LogP contribution in [-0.2, 0) is 23.7 Å². The van der Waals surface area contributed by atoms with Gasteiger partial charge in [-0.2, -0.15) is 0 Å². The molecule has 0 aliphatic carbocycles. The van der Waals surface area contributed by atoms with E-state index in [9.17, 15) is 19.2 Å². The van der Waals surface area contributed by atoms with Crippen molar-refractivity contribution >= 4 is 32.0 Å². The standard InChI is InChI=1S/C6H8O7.C6H14O6.C6H12O6.H3O4P/c7-3(8)1-6(13,5(11)12)2-4(9)10;2*7-1-3(9)5(11)6(12)4(10)2-8;1-5(2,3)4/h13H,1-2H2,(H,7,8)(H,9,10)(H,11,12);3-12H,1-2H2;1,3-6,8-12H,2H2;(H3,1,2,3,4)/t;3-,4-,5-,6-;3-,4+,5+,6+;/m.10./s1. The average molecular weight is 652 g/mol. The fourth-order valence-corrected chi connectivity index (χ4v) is 2.00. The third-order valence-corrected chi connectivity index (χ3v) is 4.22. The Bertz CT molecular complexity index is 779. The Morgan fingerprint density at radius 2 is 0.857 bits per heavy atom. The van der Waals surface area contributed by atoms with E-state index >= 15 is 0 Å². The maximum atomic E-state index is 10.3. The molecule has 0 amide bonds. The third kappa shape index (κ3) is 24.3. The zero-order valence-corrected chi connectivity index (χ0v) is 22.2. The number of hydrogen-bond donors (Lipinski definition) is 18. The summed E-state index contributed by atoms with van der Waals surface area (Å²) in [5, 5.41) is 130. The second-order valence-corrected chi connectivity index (χ2v) is 8.86. The maximum absolute atomic E-state index is 10.3. The summed E-state index contributed by atoms with van der Waals surface area (Å²) in [6.07, 6.45) is -15.5. The molecular weight excluding hydrogens is 615 g/mol. The molecule has 0 heterocycles. The molecule has 0 saturated carbocycles. The number of aliphatic hydroxyl groups is 12. The lowest BCUT2D eigenvalue weighted by Gasteiger charge is -2.24. The summed E-state index contributed by atoms with van der Waals surface area (Å²) >= 11 is 0. The Labute approximate surface area is 234 Å². The van der Waals surface area contributed by atoms with E-state index < -0.39 is 113 Å². The number of rotatable bonds is 15. The average Bonchev–Trinajstić information content (AvgIpc) is 2.88. The van der Waals surface area contributed by atoms with E-state index in [4.69, 9.17) is 95.8 Å². The molecule has 42 heavy (non-hydrogen) atoms. The molecule has 23 nitrogen and oxygen atoms in total. The summed E-state index contributed by atoms with van der Waals surface area (Å²) in [6, 6.07) is 0. The monoisotopic (exact) mass is 652 g/mol. The zero-order valence-electron chi connectivity index (χ0n) is 21.3. The van der Waals surface area contributed by atoms with Crippen LogP contribution in [0.1, 0.15) is 12.8 Å². The maximum Gasteiger partial charge on any atom is 0.466 e. The largest absolute Gasteiger partial charge is 0.481 e. The highest BCUT2D eigenvalue weighted by Crippen LogP contribution is 2.25. The Morgan fingerprint density at radius 1 is 0.619 bits per heavy atom. The Kier molecular flexibility index (Phi) is 25.8. The summed E-state index contributed by atoms with van der Waals surface area (Å²) in [4.78, 5) is 61.9. The molecule has 0 radical (unpaired) electrons. The molecule has 8 atom stereocenters. The first-order valence-corrected chi connectivity index (χ1v) is 12.3. The first-order chi connectivity index (χ1) is 18.9. The zero-order chi connectivity index (χ0) is 34.6. The lowest BCUT2D eigenvalue weighted by molar-refractivity contribution is -0.170. The SMILES string of the molecule is O=C(O)CC(O)(CC(=O)O)C(=O)O.O=C[C@H](O)[C@@H](O)[C@H](O)[C@H](O)CO.O=P(O)(O)O.OC[C@@H](O)[C@@H](O)[C@H](O)[C@H](O)CO. The number of aliphatic carboxylic acids is 3. The van der Waals surface area contributed by atoms with Crippen LogP contribution < -0.4 is 0 Å². The highest BCUT2D eigenvalue weighted by Gasteiger charge is 2.40. The van der Waals surface area contributed by atoms with Gasteiger partial charge in [0.05, 0.1) is 32.7 Å². The second-order valence-electron chi connectivity index (χ2n) is 7.83. The van der Waals surface area contributed by atoms with Crippen molar-refractivity contribution in [2.24, 2.45) is 0 Å². The molecule has 0 saturated heterocycles. The molecule has 24 heteroatoms. The van der Waals surface area contributed by atoms with Crippen molar-refractivity contribution in [3.05, 3.63) is 0 Å². The first-order valence-electron chi connectivity index (χ1n) is 10.8. The van der Waals surface area contributed by atoms with E-state index in [2.05, 4.69) is 0 Å². The number of phosphoric acid groups is 1. The lowest BCUT2D eigenvalue weighted by atomic mass is 9.96. The van der Waals surface area contributed by atoms with Gasteiger partial charge in [0.15, 0.2) is 11.9 Å². The van der Waals surface area contributed by atoms with Crippen LogP contribution in [0.15, 0.2) is 0 Å². The number of carboxylic acid groups (broad SMARTS) is 3. The molecule has 0 aliphatic heterocycles. The molecular formula is C18H37O23P. The molecule has 0 aromatic heterocycles. The van der Waals surface area contributed by atoms with E-state index in [1.54, 1.807) is 0 Å². The molecule has 0 fully saturated rings. The smallest absolute Gasteiger partial charge is 0.466 e. The number of aliphatic hydroxyl groups excluding tert-OH is 11. The fraction of sp³-hybridized carbons (Fsp3) is 0.778. The molecule has 0 bridgehead atoms. The van der Waals surface area contributed by atoms with Crippen molar-refractivity contribution in [1.82, 2.24) is 0 Å². The molecule has 0 aromatic rings. The van der Waals surface area contributed by atoms with Crippen LogP contribution in [-0.4, -0.2) is 190 Å². The van der Waals surface area contributed by atoms with Crippen LogP contribution in [0.4, 0.5) is 0 Å². The van der Waals surface area contributed by atoms with Crippen molar-refractivity contribution in [3.8, 4) is 0 Å². The number of aldehydes is 1. The molecule has 18 N–H and O–H groups in total. The summed E-state index contributed by atoms with van der Waals surface area (Å²) in [7, 11) is -4.64. The molecule has 0 aliphatic rings. The molecule has 0 unspecified atom stereocenters. The van der Waals surface area contributed by atoms with Crippen LogP contribution in [0.5, 0.6) is 0 Å². The third-order valence-electron chi connectivity index (χ3n) is 4.22. The van der Waals surface area contributed by atoms with E-state index in [0.29, 0.717) is 0 Å². The number of carboxylic acids is 3. The number of carbonyl (C=O) groups is 4. The fourth-order valence-electron chi connectivity index (χ4n) is 2.00.